The summed E-state index contributed by atoms with van der Waals surface area (Å²) in [5.41, 5.74) is -1.09. The molecule has 3 fully saturated rings. The Bertz CT molecular complexity index is 583. The molecular formula is C17H25NO6S. The maximum absolute atomic E-state index is 12.4. The number of aliphatic hydroxyl groups is 1. The number of hydrogen-bond donors (Lipinski definition) is 2. The number of nitrogens with one attached hydrogen (secondary N) is 1. The minimum absolute atomic E-state index is 0.0903. The van der Waals surface area contributed by atoms with E-state index in [2.05, 4.69) is 12.2 Å². The van der Waals surface area contributed by atoms with Crippen LogP contribution in [0.5, 0.6) is 0 Å². The fourth-order valence-electron chi connectivity index (χ4n) is 4.73. The summed E-state index contributed by atoms with van der Waals surface area (Å²) in [6, 6.07) is -0.774. The molecule has 0 aromatic rings. The Morgan fingerprint density at radius 1 is 1.48 bits per heavy atom. The number of thioether (sulfide) groups is 1. The number of carbonyl (C=O) groups is 3. The Kier molecular flexibility index (Phi) is 5.03. The molecule has 7 atom stereocenters. The van der Waals surface area contributed by atoms with E-state index >= 15 is 0 Å². The molecule has 0 aromatic heterocycles. The van der Waals surface area contributed by atoms with Crippen molar-refractivity contribution >= 4 is 29.6 Å². The first-order valence-corrected chi connectivity index (χ1v) is 9.73. The lowest BCUT2D eigenvalue weighted by Gasteiger charge is -2.44. The molecule has 7 nitrogen and oxygen atoms in total. The molecule has 0 bridgehead atoms. The zero-order chi connectivity index (χ0) is 18.4. The van der Waals surface area contributed by atoms with Gasteiger partial charge < -0.3 is 19.9 Å². The molecule has 140 valence electrons. The van der Waals surface area contributed by atoms with Gasteiger partial charge in [0.15, 0.2) is 0 Å². The van der Waals surface area contributed by atoms with Crippen molar-refractivity contribution in [2.45, 2.75) is 56.1 Å². The number of hydrogen-bond acceptors (Lipinski definition) is 7. The van der Waals surface area contributed by atoms with Gasteiger partial charge in [-0.2, -0.15) is 11.8 Å². The average Bonchev–Trinajstić information content (AvgIpc) is 2.99. The minimum atomic E-state index is -1.09. The smallest absolute Gasteiger partial charge is 0.329 e. The van der Waals surface area contributed by atoms with Gasteiger partial charge in [-0.1, -0.05) is 6.92 Å². The summed E-state index contributed by atoms with van der Waals surface area (Å²) < 4.78 is 10.2. The molecule has 1 amide bonds. The zero-order valence-electron chi connectivity index (χ0n) is 14.7. The Morgan fingerprint density at radius 3 is 2.84 bits per heavy atom. The van der Waals surface area contributed by atoms with Crippen LogP contribution in [0.3, 0.4) is 0 Å². The van der Waals surface area contributed by atoms with Gasteiger partial charge in [0.05, 0.1) is 7.11 Å². The van der Waals surface area contributed by atoms with E-state index in [1.807, 2.05) is 0 Å². The molecule has 0 spiro atoms. The molecule has 8 heteroatoms. The summed E-state index contributed by atoms with van der Waals surface area (Å²) in [7, 11) is 1.27. The molecule has 1 aliphatic heterocycles. The van der Waals surface area contributed by atoms with E-state index in [4.69, 9.17) is 9.47 Å². The Labute approximate surface area is 151 Å². The van der Waals surface area contributed by atoms with Crippen molar-refractivity contribution in [2.24, 2.45) is 17.8 Å². The van der Waals surface area contributed by atoms with Gasteiger partial charge in [-0.15, -0.1) is 0 Å². The normalized spacial score (nSPS) is 40.2. The molecule has 2 aliphatic carbocycles. The highest BCUT2D eigenvalue weighted by atomic mass is 32.2. The summed E-state index contributed by atoms with van der Waals surface area (Å²) in [5.74, 6) is -1.16. The Balaban J connectivity index is 1.75. The third-order valence-electron chi connectivity index (χ3n) is 5.82. The van der Waals surface area contributed by atoms with Gasteiger partial charge in [0.2, 0.25) is 5.91 Å². The number of carbonyl (C=O) groups excluding carboxylic acids is 3. The average molecular weight is 371 g/mol. The van der Waals surface area contributed by atoms with Crippen molar-refractivity contribution < 1.29 is 29.0 Å². The predicted octanol–water partition coefficient (Wildman–Crippen LogP) is 0.488. The van der Waals surface area contributed by atoms with Crippen LogP contribution in [-0.4, -0.2) is 58.8 Å². The van der Waals surface area contributed by atoms with Gasteiger partial charge in [0.1, 0.15) is 23.7 Å². The largest absolute Gasteiger partial charge is 0.467 e. The molecular weight excluding hydrogens is 346 g/mol. The molecule has 2 N–H and O–H groups in total. The lowest BCUT2D eigenvalue weighted by molar-refractivity contribution is -0.145. The van der Waals surface area contributed by atoms with E-state index in [1.165, 1.54) is 25.8 Å². The summed E-state index contributed by atoms with van der Waals surface area (Å²) in [4.78, 5) is 35.6. The minimum Gasteiger partial charge on any atom is -0.467 e. The number of amides is 1. The fraction of sp³-hybridized carbons (Fsp3) is 0.824. The highest BCUT2D eigenvalue weighted by molar-refractivity contribution is 8.00. The molecule has 3 rings (SSSR count). The Morgan fingerprint density at radius 2 is 2.20 bits per heavy atom. The topological polar surface area (TPSA) is 102 Å². The summed E-state index contributed by atoms with van der Waals surface area (Å²) in [5, 5.41) is 13.6. The maximum Gasteiger partial charge on any atom is 0.329 e. The lowest BCUT2D eigenvalue weighted by Crippen LogP contribution is -2.56. The molecule has 3 aliphatic rings. The van der Waals surface area contributed by atoms with Crippen molar-refractivity contribution in [1.29, 1.82) is 0 Å². The molecule has 25 heavy (non-hydrogen) atoms. The third kappa shape index (κ3) is 3.03. The van der Waals surface area contributed by atoms with Crippen molar-refractivity contribution in [3.05, 3.63) is 0 Å². The number of rotatable bonds is 5. The molecule has 1 unspecified atom stereocenters. The number of ether oxygens (including phenoxy) is 2. The summed E-state index contributed by atoms with van der Waals surface area (Å²) >= 11 is 1.43. The van der Waals surface area contributed by atoms with Crippen LogP contribution in [0.15, 0.2) is 0 Å². The van der Waals surface area contributed by atoms with Crippen molar-refractivity contribution in [1.82, 2.24) is 5.32 Å². The van der Waals surface area contributed by atoms with Crippen LogP contribution in [0.4, 0.5) is 0 Å². The van der Waals surface area contributed by atoms with Crippen LogP contribution < -0.4 is 5.32 Å². The fourth-order valence-corrected chi connectivity index (χ4v) is 6.32. The van der Waals surface area contributed by atoms with Gasteiger partial charge in [0.25, 0.3) is 0 Å². The second kappa shape index (κ2) is 6.79. The summed E-state index contributed by atoms with van der Waals surface area (Å²) in [6.07, 6.45) is 2.02. The molecule has 1 saturated heterocycles. The van der Waals surface area contributed by atoms with Gasteiger partial charge in [0, 0.05) is 17.9 Å². The van der Waals surface area contributed by atoms with E-state index in [-0.39, 0.29) is 34.7 Å². The Hall–Kier alpha value is -1.28. The van der Waals surface area contributed by atoms with Crippen molar-refractivity contribution in [3.63, 3.8) is 0 Å². The molecule has 0 radical (unpaired) electrons. The van der Waals surface area contributed by atoms with Crippen LogP contribution in [0.2, 0.25) is 0 Å². The van der Waals surface area contributed by atoms with Crippen molar-refractivity contribution in [2.75, 3.05) is 12.9 Å². The maximum atomic E-state index is 12.4. The van der Waals surface area contributed by atoms with Crippen LogP contribution in [0, 0.1) is 17.8 Å². The first-order valence-electron chi connectivity index (χ1n) is 8.68. The highest BCUT2D eigenvalue weighted by Crippen LogP contribution is 2.58. The van der Waals surface area contributed by atoms with Crippen LogP contribution in [0.25, 0.3) is 0 Å². The van der Waals surface area contributed by atoms with E-state index in [0.717, 1.165) is 12.8 Å². The zero-order valence-corrected chi connectivity index (χ0v) is 15.5. The highest BCUT2D eigenvalue weighted by Gasteiger charge is 2.68. The molecule has 1 heterocycles. The third-order valence-corrected chi connectivity index (χ3v) is 7.47. The van der Waals surface area contributed by atoms with E-state index in [9.17, 15) is 19.5 Å². The second-order valence-electron chi connectivity index (χ2n) is 7.35. The van der Waals surface area contributed by atoms with Crippen molar-refractivity contribution in [3.8, 4) is 0 Å². The van der Waals surface area contributed by atoms with Gasteiger partial charge in [-0.25, -0.2) is 4.79 Å². The first-order chi connectivity index (χ1) is 11.8. The van der Waals surface area contributed by atoms with E-state index < -0.39 is 29.6 Å². The van der Waals surface area contributed by atoms with Gasteiger partial charge in [-0.05, 0) is 31.1 Å². The quantitative estimate of drug-likeness (QED) is 0.678. The second-order valence-corrected chi connectivity index (χ2v) is 8.56. The van der Waals surface area contributed by atoms with E-state index in [0.29, 0.717) is 6.42 Å². The van der Waals surface area contributed by atoms with Crippen LogP contribution in [0.1, 0.15) is 33.1 Å². The predicted molar refractivity (Wildman–Crippen MR) is 90.7 cm³/mol. The number of methoxy groups -OCH3 is 1. The van der Waals surface area contributed by atoms with E-state index in [1.54, 1.807) is 0 Å². The summed E-state index contributed by atoms with van der Waals surface area (Å²) in [6.45, 7) is 3.41. The van der Waals surface area contributed by atoms with Gasteiger partial charge >= 0.3 is 11.9 Å². The van der Waals surface area contributed by atoms with Crippen LogP contribution in [-0.2, 0) is 23.9 Å². The van der Waals surface area contributed by atoms with Gasteiger partial charge in [-0.3, -0.25) is 9.59 Å². The molecule has 0 aromatic carbocycles. The SMILES string of the molecule is COC(=O)[C@H](CS[C@H]1C2C(=O)O[C@@H]3CC[C@H](C[C@@H]1C)[C@]23O)NC(C)=O. The molecule has 2 saturated carbocycles. The van der Waals surface area contributed by atoms with Crippen LogP contribution >= 0.6 is 11.8 Å². The standard InChI is InChI=1S/C17H25NO6S/c1-8-6-10-4-5-12-17(10,22)13(16(21)24-12)14(8)25-7-11(15(20)23-3)18-9(2)19/h8,10-14,22H,4-7H2,1-3H3,(H,18,19)/t8-,10+,11-,12+,13?,14+,17+/m0/s1. The monoisotopic (exact) mass is 371 g/mol. The first kappa shape index (κ1) is 18.5. The lowest BCUT2D eigenvalue weighted by atomic mass is 9.66. The number of esters is 2.